The van der Waals surface area contributed by atoms with Gasteiger partial charge >= 0.3 is 0 Å². The highest BCUT2D eigenvalue weighted by Gasteiger charge is 2.31. The molecule has 2 aliphatic rings. The van der Waals surface area contributed by atoms with E-state index in [0.717, 1.165) is 24.7 Å². The summed E-state index contributed by atoms with van der Waals surface area (Å²) in [6.45, 7) is 5.53. The highest BCUT2D eigenvalue weighted by Crippen LogP contribution is 2.36. The maximum absolute atomic E-state index is 4.35. The first kappa shape index (κ1) is 18.7. The van der Waals surface area contributed by atoms with E-state index in [9.17, 15) is 0 Å². The summed E-state index contributed by atoms with van der Waals surface area (Å²) in [7, 11) is 0. The third-order valence-electron chi connectivity index (χ3n) is 7.01. The summed E-state index contributed by atoms with van der Waals surface area (Å²) >= 11 is 0. The summed E-state index contributed by atoms with van der Waals surface area (Å²) in [4.78, 5) is 5.26. The number of nitrogens with zero attached hydrogens (tertiary/aromatic N) is 5. The molecule has 0 N–H and O–H groups in total. The van der Waals surface area contributed by atoms with Crippen molar-refractivity contribution in [1.29, 1.82) is 0 Å². The highest BCUT2D eigenvalue weighted by atomic mass is 15.2. The van der Waals surface area contributed by atoms with Crippen molar-refractivity contribution in [2.75, 3.05) is 29.4 Å². The zero-order valence-corrected chi connectivity index (χ0v) is 18.1. The van der Waals surface area contributed by atoms with Gasteiger partial charge in [-0.2, -0.15) is 0 Å². The van der Waals surface area contributed by atoms with Crippen LogP contribution < -0.4 is 9.80 Å². The first-order valence-electron chi connectivity index (χ1n) is 11.6. The van der Waals surface area contributed by atoms with Gasteiger partial charge in [0.2, 0.25) is 0 Å². The third kappa shape index (κ3) is 3.52. The molecule has 0 radical (unpaired) electrons. The maximum Gasteiger partial charge on any atom is 0.163 e. The second-order valence-corrected chi connectivity index (χ2v) is 9.26. The molecule has 3 heterocycles. The van der Waals surface area contributed by atoms with E-state index in [0.29, 0.717) is 6.04 Å². The molecule has 5 heteroatoms. The van der Waals surface area contributed by atoms with Crippen molar-refractivity contribution in [3.8, 4) is 0 Å². The van der Waals surface area contributed by atoms with E-state index >= 15 is 0 Å². The second kappa shape index (κ2) is 7.56. The van der Waals surface area contributed by atoms with Crippen LogP contribution in [0.3, 0.4) is 0 Å². The second-order valence-electron chi connectivity index (χ2n) is 9.26. The van der Waals surface area contributed by atoms with Gasteiger partial charge in [0.15, 0.2) is 5.65 Å². The standard InChI is InChI=1S/C26H29N5/c1-19-7-10-24-23(15-19)25(16-26-28-27-18-31(24)26)29-13-11-22(12-14-29)30(17-20-8-9-20)21-5-3-2-4-6-21/h2-7,10,15-16,18,20,22H,8-9,11-14,17H2,1H3. The first-order valence-corrected chi connectivity index (χ1v) is 11.6. The number of rotatable bonds is 5. The Hall–Kier alpha value is -3.08. The van der Waals surface area contributed by atoms with E-state index in [1.54, 1.807) is 0 Å². The van der Waals surface area contributed by atoms with E-state index in [-0.39, 0.29) is 0 Å². The Bertz CT molecular complexity index is 1200. The summed E-state index contributed by atoms with van der Waals surface area (Å²) in [6.07, 6.45) is 6.98. The van der Waals surface area contributed by atoms with Crippen LogP contribution in [0.1, 0.15) is 31.2 Å². The lowest BCUT2D eigenvalue weighted by Gasteiger charge is -2.41. The molecule has 4 aromatic rings. The van der Waals surface area contributed by atoms with Gasteiger partial charge in [-0.3, -0.25) is 4.40 Å². The predicted octanol–water partition coefficient (Wildman–Crippen LogP) is 5.08. The minimum Gasteiger partial charge on any atom is -0.371 e. The van der Waals surface area contributed by atoms with E-state index in [1.807, 2.05) is 6.33 Å². The zero-order valence-electron chi connectivity index (χ0n) is 18.1. The number of aromatic nitrogens is 3. The quantitative estimate of drug-likeness (QED) is 0.459. The number of piperidine rings is 1. The lowest BCUT2D eigenvalue weighted by molar-refractivity contribution is 0.458. The smallest absolute Gasteiger partial charge is 0.163 e. The Morgan fingerprint density at radius 1 is 0.968 bits per heavy atom. The van der Waals surface area contributed by atoms with Crippen molar-refractivity contribution < 1.29 is 0 Å². The Kier molecular flexibility index (Phi) is 4.55. The molecule has 158 valence electrons. The van der Waals surface area contributed by atoms with Crippen LogP contribution in [0.4, 0.5) is 11.4 Å². The van der Waals surface area contributed by atoms with E-state index in [4.69, 9.17) is 0 Å². The van der Waals surface area contributed by atoms with Crippen molar-refractivity contribution in [2.45, 2.75) is 38.6 Å². The van der Waals surface area contributed by atoms with Gasteiger partial charge in [-0.1, -0.05) is 29.8 Å². The lowest BCUT2D eigenvalue weighted by atomic mass is 10.00. The molecule has 1 aliphatic carbocycles. The van der Waals surface area contributed by atoms with E-state index < -0.39 is 0 Å². The Morgan fingerprint density at radius 3 is 2.55 bits per heavy atom. The van der Waals surface area contributed by atoms with Gasteiger partial charge in [-0.25, -0.2) is 0 Å². The van der Waals surface area contributed by atoms with Crippen LogP contribution in [0.2, 0.25) is 0 Å². The van der Waals surface area contributed by atoms with Gasteiger partial charge < -0.3 is 9.80 Å². The van der Waals surface area contributed by atoms with Crippen LogP contribution in [-0.2, 0) is 0 Å². The lowest BCUT2D eigenvalue weighted by Crippen LogP contribution is -2.46. The van der Waals surface area contributed by atoms with Crippen molar-refractivity contribution in [2.24, 2.45) is 5.92 Å². The van der Waals surface area contributed by atoms with Gasteiger partial charge in [0, 0.05) is 48.5 Å². The molecule has 0 amide bonds. The normalized spacial score (nSPS) is 17.5. The fourth-order valence-electron chi connectivity index (χ4n) is 5.14. The predicted molar refractivity (Wildman–Crippen MR) is 127 cm³/mol. The molecule has 6 rings (SSSR count). The Morgan fingerprint density at radius 2 is 1.77 bits per heavy atom. The molecule has 2 aromatic heterocycles. The number of aryl methyl sites for hydroxylation is 1. The topological polar surface area (TPSA) is 36.7 Å². The maximum atomic E-state index is 4.35. The molecule has 31 heavy (non-hydrogen) atoms. The molecule has 2 fully saturated rings. The van der Waals surface area contributed by atoms with Gasteiger partial charge in [0.25, 0.3) is 0 Å². The molecule has 0 spiro atoms. The van der Waals surface area contributed by atoms with Crippen LogP contribution >= 0.6 is 0 Å². The molecule has 0 bridgehead atoms. The number of hydrogen-bond acceptors (Lipinski definition) is 4. The number of anilines is 2. The van der Waals surface area contributed by atoms with Crippen LogP contribution in [0.25, 0.3) is 16.6 Å². The minimum absolute atomic E-state index is 0.615. The number of pyridine rings is 1. The largest absolute Gasteiger partial charge is 0.371 e. The molecule has 0 atom stereocenters. The summed E-state index contributed by atoms with van der Waals surface area (Å²) in [5.74, 6) is 0.889. The van der Waals surface area contributed by atoms with Gasteiger partial charge in [-0.15, -0.1) is 10.2 Å². The SMILES string of the molecule is Cc1ccc2c(c1)c(N1CCC(N(CC3CC3)c3ccccc3)CC1)cc1nncn12. The van der Waals surface area contributed by atoms with Gasteiger partial charge in [0.05, 0.1) is 5.52 Å². The fourth-order valence-corrected chi connectivity index (χ4v) is 5.14. The molecular formula is C26H29N5. The molecule has 2 aromatic carbocycles. The van der Waals surface area contributed by atoms with Crippen LogP contribution in [0.15, 0.2) is 60.9 Å². The fraction of sp³-hybridized carbons (Fsp3) is 0.385. The van der Waals surface area contributed by atoms with Gasteiger partial charge in [0.1, 0.15) is 6.33 Å². The molecule has 1 saturated heterocycles. The van der Waals surface area contributed by atoms with Crippen LogP contribution in [-0.4, -0.2) is 40.3 Å². The number of para-hydroxylation sites is 1. The van der Waals surface area contributed by atoms with Crippen molar-refractivity contribution in [1.82, 2.24) is 14.6 Å². The summed E-state index contributed by atoms with van der Waals surface area (Å²) < 4.78 is 2.10. The average Bonchev–Trinajstić information content (AvgIpc) is 3.51. The highest BCUT2D eigenvalue weighted by molar-refractivity contribution is 5.95. The molecule has 0 unspecified atom stereocenters. The van der Waals surface area contributed by atoms with E-state index in [2.05, 4.69) is 85.9 Å². The third-order valence-corrected chi connectivity index (χ3v) is 7.01. The number of fused-ring (bicyclic) bond motifs is 3. The first-order chi connectivity index (χ1) is 15.3. The van der Waals surface area contributed by atoms with Crippen molar-refractivity contribution in [3.63, 3.8) is 0 Å². The summed E-state index contributed by atoms with van der Waals surface area (Å²) in [5, 5.41) is 9.79. The van der Waals surface area contributed by atoms with Gasteiger partial charge in [-0.05, 0) is 62.8 Å². The molecule has 5 nitrogen and oxygen atoms in total. The van der Waals surface area contributed by atoms with E-state index in [1.165, 1.54) is 60.1 Å². The number of benzene rings is 2. The van der Waals surface area contributed by atoms with Crippen molar-refractivity contribution >= 4 is 27.9 Å². The minimum atomic E-state index is 0.615. The average molecular weight is 412 g/mol. The zero-order chi connectivity index (χ0) is 20.8. The molecular weight excluding hydrogens is 382 g/mol. The Labute approximate surface area is 183 Å². The van der Waals surface area contributed by atoms with Crippen molar-refractivity contribution in [3.05, 3.63) is 66.5 Å². The monoisotopic (exact) mass is 411 g/mol. The molecule has 1 saturated carbocycles. The van der Waals surface area contributed by atoms with Crippen LogP contribution in [0.5, 0.6) is 0 Å². The molecule has 1 aliphatic heterocycles. The summed E-state index contributed by atoms with van der Waals surface area (Å²) in [6, 6.07) is 20.5. The van der Waals surface area contributed by atoms with Crippen LogP contribution in [0, 0.1) is 12.8 Å². The number of hydrogen-bond donors (Lipinski definition) is 0. The summed E-state index contributed by atoms with van der Waals surface area (Å²) in [5.41, 5.74) is 6.08. The Balaban J connectivity index is 1.29.